The first-order chi connectivity index (χ1) is 9.21. The zero-order chi connectivity index (χ0) is 15.3. The summed E-state index contributed by atoms with van der Waals surface area (Å²) in [6.07, 6.45) is 0. The van der Waals surface area contributed by atoms with Gasteiger partial charge in [0.15, 0.2) is 0 Å². The number of amides is 1. The van der Waals surface area contributed by atoms with Crippen molar-refractivity contribution in [3.63, 3.8) is 0 Å². The lowest BCUT2D eigenvalue weighted by Gasteiger charge is -2.27. The molecule has 0 bridgehead atoms. The van der Waals surface area contributed by atoms with Gasteiger partial charge in [-0.05, 0) is 24.0 Å². The van der Waals surface area contributed by atoms with Crippen LogP contribution >= 0.6 is 11.8 Å². The lowest BCUT2D eigenvalue weighted by Crippen LogP contribution is -2.49. The molecule has 0 spiro atoms. The molecule has 0 aliphatic rings. The average molecular weight is 295 g/mol. The van der Waals surface area contributed by atoms with Gasteiger partial charge in [0, 0.05) is 4.90 Å². The smallest absolute Gasteiger partial charge is 0.326 e. The summed E-state index contributed by atoms with van der Waals surface area (Å²) in [5.41, 5.74) is 0.588. The normalized spacial score (nSPS) is 12.8. The van der Waals surface area contributed by atoms with Crippen molar-refractivity contribution in [2.45, 2.75) is 38.6 Å². The Morgan fingerprint density at radius 2 is 1.90 bits per heavy atom. The van der Waals surface area contributed by atoms with E-state index in [4.69, 9.17) is 5.11 Å². The van der Waals surface area contributed by atoms with E-state index in [9.17, 15) is 9.59 Å². The largest absolute Gasteiger partial charge is 0.480 e. The lowest BCUT2D eigenvalue weighted by molar-refractivity contribution is -0.144. The minimum absolute atomic E-state index is 0.213. The van der Waals surface area contributed by atoms with E-state index in [0.717, 1.165) is 10.5 Å². The summed E-state index contributed by atoms with van der Waals surface area (Å²) in [4.78, 5) is 24.1. The quantitative estimate of drug-likeness (QED) is 0.820. The minimum Gasteiger partial charge on any atom is -0.480 e. The molecule has 1 rings (SSSR count). The first kappa shape index (κ1) is 16.6. The minimum atomic E-state index is -1.01. The molecule has 1 atom stereocenters. The zero-order valence-electron chi connectivity index (χ0n) is 12.3. The third-order valence-corrected chi connectivity index (χ3v) is 4.05. The van der Waals surface area contributed by atoms with Gasteiger partial charge in [-0.1, -0.05) is 39.0 Å². The van der Waals surface area contributed by atoms with Gasteiger partial charge in [0.2, 0.25) is 5.91 Å². The number of nitrogens with one attached hydrogen (secondary N) is 1. The van der Waals surface area contributed by atoms with Gasteiger partial charge in [0.25, 0.3) is 0 Å². The van der Waals surface area contributed by atoms with Crippen molar-refractivity contribution < 1.29 is 14.7 Å². The molecule has 0 radical (unpaired) electrons. The molecule has 4 nitrogen and oxygen atoms in total. The molecule has 5 heteroatoms. The van der Waals surface area contributed by atoms with E-state index < -0.39 is 17.4 Å². The summed E-state index contributed by atoms with van der Waals surface area (Å²) in [6, 6.07) is 6.91. The molecule has 2 N–H and O–H groups in total. The molecule has 0 aliphatic carbocycles. The molecule has 1 unspecified atom stereocenters. The van der Waals surface area contributed by atoms with E-state index in [1.54, 1.807) is 20.8 Å². The van der Waals surface area contributed by atoms with Crippen LogP contribution in [0.2, 0.25) is 0 Å². The van der Waals surface area contributed by atoms with Crippen molar-refractivity contribution >= 4 is 23.6 Å². The first-order valence-corrected chi connectivity index (χ1v) is 7.41. The number of hydrogen-bond donors (Lipinski definition) is 2. The first-order valence-electron chi connectivity index (χ1n) is 6.42. The number of carbonyl (C=O) groups excluding carboxylic acids is 1. The van der Waals surface area contributed by atoms with Crippen molar-refractivity contribution in [1.29, 1.82) is 0 Å². The molecule has 0 fully saturated rings. The predicted molar refractivity (Wildman–Crippen MR) is 80.9 cm³/mol. The summed E-state index contributed by atoms with van der Waals surface area (Å²) in [7, 11) is 0. The molecule has 0 aromatic heterocycles. The fourth-order valence-electron chi connectivity index (χ4n) is 1.71. The van der Waals surface area contributed by atoms with Crippen molar-refractivity contribution in [2.75, 3.05) is 5.75 Å². The highest BCUT2D eigenvalue weighted by molar-refractivity contribution is 8.00. The number of aryl methyl sites for hydroxylation is 1. The zero-order valence-corrected chi connectivity index (χ0v) is 13.1. The molecule has 20 heavy (non-hydrogen) atoms. The van der Waals surface area contributed by atoms with E-state index in [1.165, 1.54) is 11.8 Å². The highest BCUT2D eigenvalue weighted by atomic mass is 32.2. The van der Waals surface area contributed by atoms with Crippen LogP contribution < -0.4 is 5.32 Å². The van der Waals surface area contributed by atoms with Crippen molar-refractivity contribution in [3.8, 4) is 0 Å². The molecule has 110 valence electrons. The summed E-state index contributed by atoms with van der Waals surface area (Å²) in [5, 5.41) is 11.8. The maximum absolute atomic E-state index is 11.9. The fraction of sp³-hybridized carbons (Fsp3) is 0.467. The van der Waals surface area contributed by atoms with Crippen LogP contribution in [0, 0.1) is 12.3 Å². The number of carboxylic acids is 1. The molecule has 0 saturated carbocycles. The third-order valence-electron chi connectivity index (χ3n) is 2.87. The number of rotatable bonds is 5. The standard InChI is InChI=1S/C15H21NO3S/c1-10-7-5-6-8-11(10)20-9-12(17)16-13(14(18)19)15(2,3)4/h5-8,13H,9H2,1-4H3,(H,16,17)(H,18,19). The molecule has 1 aromatic carbocycles. The van der Waals surface area contributed by atoms with Crippen molar-refractivity contribution in [3.05, 3.63) is 29.8 Å². The number of carbonyl (C=O) groups is 2. The topological polar surface area (TPSA) is 66.4 Å². The number of benzene rings is 1. The Bertz CT molecular complexity index is 494. The fourth-order valence-corrected chi connectivity index (χ4v) is 2.55. The summed E-state index contributed by atoms with van der Waals surface area (Å²) in [5.74, 6) is -1.06. The van der Waals surface area contributed by atoms with Gasteiger partial charge in [-0.25, -0.2) is 4.79 Å². The van der Waals surface area contributed by atoms with Crippen molar-refractivity contribution in [1.82, 2.24) is 5.32 Å². The van der Waals surface area contributed by atoms with Gasteiger partial charge in [-0.15, -0.1) is 11.8 Å². The van der Waals surface area contributed by atoms with Crippen molar-refractivity contribution in [2.24, 2.45) is 5.41 Å². The maximum atomic E-state index is 11.9. The molecule has 1 amide bonds. The van der Waals surface area contributed by atoms with Gasteiger partial charge in [-0.3, -0.25) is 4.79 Å². The monoisotopic (exact) mass is 295 g/mol. The van der Waals surface area contributed by atoms with Crippen LogP contribution in [0.3, 0.4) is 0 Å². The average Bonchev–Trinajstić information content (AvgIpc) is 2.33. The van der Waals surface area contributed by atoms with E-state index in [-0.39, 0.29) is 11.7 Å². The van der Waals surface area contributed by atoms with Crippen LogP contribution in [0.25, 0.3) is 0 Å². The molecular weight excluding hydrogens is 274 g/mol. The van der Waals surface area contributed by atoms with Gasteiger partial charge < -0.3 is 10.4 Å². The number of aliphatic carboxylic acids is 1. The van der Waals surface area contributed by atoms with Gasteiger partial charge in [0.05, 0.1) is 5.75 Å². The molecule has 0 heterocycles. The Kier molecular flexibility index (Phi) is 5.62. The maximum Gasteiger partial charge on any atom is 0.326 e. The van der Waals surface area contributed by atoms with E-state index in [2.05, 4.69) is 5.32 Å². The number of carboxylic acid groups (broad SMARTS) is 1. The second-order valence-corrected chi connectivity index (χ2v) is 6.78. The highest BCUT2D eigenvalue weighted by Gasteiger charge is 2.32. The summed E-state index contributed by atoms with van der Waals surface area (Å²) >= 11 is 1.41. The van der Waals surface area contributed by atoms with Crippen LogP contribution in [0.15, 0.2) is 29.2 Å². The van der Waals surface area contributed by atoms with Gasteiger partial charge in [0.1, 0.15) is 6.04 Å². The predicted octanol–water partition coefficient (Wildman–Crippen LogP) is 2.70. The summed E-state index contributed by atoms with van der Waals surface area (Å²) < 4.78 is 0. The Morgan fingerprint density at radius 1 is 1.30 bits per heavy atom. The van der Waals surface area contributed by atoms with Gasteiger partial charge >= 0.3 is 5.97 Å². The molecule has 0 saturated heterocycles. The van der Waals surface area contributed by atoms with Crippen LogP contribution in [-0.2, 0) is 9.59 Å². The Balaban J connectivity index is 2.60. The van der Waals surface area contributed by atoms with E-state index >= 15 is 0 Å². The molecule has 0 aliphatic heterocycles. The second kappa shape index (κ2) is 6.79. The summed E-state index contributed by atoms with van der Waals surface area (Å²) in [6.45, 7) is 7.36. The third kappa shape index (κ3) is 4.89. The van der Waals surface area contributed by atoms with Gasteiger partial charge in [-0.2, -0.15) is 0 Å². The van der Waals surface area contributed by atoms with E-state index in [1.807, 2.05) is 31.2 Å². The lowest BCUT2D eigenvalue weighted by atomic mass is 9.87. The van der Waals surface area contributed by atoms with E-state index in [0.29, 0.717) is 0 Å². The Labute approximate surface area is 124 Å². The van der Waals surface area contributed by atoms with Crippen LogP contribution in [-0.4, -0.2) is 28.8 Å². The molecular formula is C15H21NO3S. The Morgan fingerprint density at radius 3 is 2.40 bits per heavy atom. The van der Waals surface area contributed by atoms with Crippen LogP contribution in [0.4, 0.5) is 0 Å². The van der Waals surface area contributed by atoms with Crippen LogP contribution in [0.5, 0.6) is 0 Å². The SMILES string of the molecule is Cc1ccccc1SCC(=O)NC(C(=O)O)C(C)(C)C. The Hall–Kier alpha value is -1.49. The number of hydrogen-bond acceptors (Lipinski definition) is 3. The molecule has 1 aromatic rings. The number of thioether (sulfide) groups is 1. The second-order valence-electron chi connectivity index (χ2n) is 5.76. The van der Waals surface area contributed by atoms with Crippen LogP contribution in [0.1, 0.15) is 26.3 Å². The highest BCUT2D eigenvalue weighted by Crippen LogP contribution is 2.23.